The van der Waals surface area contributed by atoms with Crippen LogP contribution in [0.25, 0.3) is 5.65 Å². The molecular weight excluding hydrogens is 368 g/mol. The van der Waals surface area contributed by atoms with Crippen LogP contribution in [0, 0.1) is 20.8 Å². The highest BCUT2D eigenvalue weighted by atomic mass is 16.5. The Kier molecular flexibility index (Phi) is 4.86. The fraction of sp³-hybridized carbons (Fsp3) is 0.429. The van der Waals surface area contributed by atoms with Crippen LogP contribution in [-0.4, -0.2) is 62.9 Å². The summed E-state index contributed by atoms with van der Waals surface area (Å²) in [7, 11) is 1.84. The minimum Gasteiger partial charge on any atom is -0.481 e. The van der Waals surface area contributed by atoms with Crippen LogP contribution in [0.4, 0.5) is 5.82 Å². The molecule has 1 aliphatic rings. The lowest BCUT2D eigenvalue weighted by molar-refractivity contribution is -0.139. The Morgan fingerprint density at radius 3 is 2.69 bits per heavy atom. The quantitative estimate of drug-likeness (QED) is 0.660. The number of amides is 1. The second-order valence-corrected chi connectivity index (χ2v) is 7.67. The summed E-state index contributed by atoms with van der Waals surface area (Å²) in [4.78, 5) is 16.8. The first-order valence-corrected chi connectivity index (χ1v) is 9.78. The van der Waals surface area contributed by atoms with E-state index in [4.69, 9.17) is 4.74 Å². The average molecular weight is 394 g/mol. The molecule has 1 atom stereocenters. The summed E-state index contributed by atoms with van der Waals surface area (Å²) in [6, 6.07) is 9.87. The lowest BCUT2D eigenvalue weighted by Gasteiger charge is -2.45. The van der Waals surface area contributed by atoms with Gasteiger partial charge in [0.1, 0.15) is 11.6 Å². The molecule has 4 rings (SSSR count). The van der Waals surface area contributed by atoms with E-state index in [9.17, 15) is 4.79 Å². The first-order valence-electron chi connectivity index (χ1n) is 9.78. The number of aryl methyl sites for hydroxylation is 2. The number of hydrogen-bond acceptors (Lipinski definition) is 6. The smallest absolute Gasteiger partial charge is 0.263 e. The molecule has 0 saturated carbocycles. The number of hydrogen-bond donors (Lipinski definition) is 0. The minimum atomic E-state index is -0.538. The minimum absolute atomic E-state index is 0.0198. The molecule has 8 nitrogen and oxygen atoms in total. The van der Waals surface area contributed by atoms with Crippen molar-refractivity contribution in [1.82, 2.24) is 24.7 Å². The van der Waals surface area contributed by atoms with Crippen LogP contribution in [-0.2, 0) is 4.79 Å². The summed E-state index contributed by atoms with van der Waals surface area (Å²) in [6.45, 7) is 9.20. The van der Waals surface area contributed by atoms with Crippen LogP contribution >= 0.6 is 0 Å². The largest absolute Gasteiger partial charge is 0.481 e. The molecule has 3 aromatic rings. The monoisotopic (exact) mass is 394 g/mol. The Balaban J connectivity index is 1.37. The number of anilines is 1. The van der Waals surface area contributed by atoms with E-state index >= 15 is 0 Å². The average Bonchev–Trinajstić information content (AvgIpc) is 3.04. The van der Waals surface area contributed by atoms with Crippen molar-refractivity contribution in [1.29, 1.82) is 0 Å². The van der Waals surface area contributed by atoms with E-state index in [-0.39, 0.29) is 11.9 Å². The van der Waals surface area contributed by atoms with Gasteiger partial charge in [0.15, 0.2) is 17.6 Å². The standard InChI is InChI=1S/C21H26N6O2/c1-13-7-6-8-18(14(13)2)29-15(3)21(28)25(5)17-11-26(12-17)20-10-9-19-23-22-16(4)27(19)24-20/h6-10,15,17H,11-12H2,1-5H3/t15-/m0/s1. The molecule has 29 heavy (non-hydrogen) atoms. The predicted molar refractivity (Wildman–Crippen MR) is 110 cm³/mol. The Bertz CT molecular complexity index is 1060. The number of benzene rings is 1. The number of likely N-dealkylation sites (N-methyl/N-ethyl adjacent to an activating group) is 1. The zero-order chi connectivity index (χ0) is 20.7. The molecular formula is C21H26N6O2. The van der Waals surface area contributed by atoms with Gasteiger partial charge in [0, 0.05) is 20.1 Å². The SMILES string of the molecule is Cc1cccc(O[C@@H](C)C(=O)N(C)C2CN(c3ccc4nnc(C)n4n3)C2)c1C. The first-order chi connectivity index (χ1) is 13.8. The van der Waals surface area contributed by atoms with Crippen LogP contribution in [0.2, 0.25) is 0 Å². The third kappa shape index (κ3) is 3.50. The number of ether oxygens (including phenoxy) is 1. The van der Waals surface area contributed by atoms with Gasteiger partial charge in [-0.05, 0) is 57.0 Å². The summed E-state index contributed by atoms with van der Waals surface area (Å²) in [5.74, 6) is 2.35. The molecule has 3 heterocycles. The molecule has 1 amide bonds. The second-order valence-electron chi connectivity index (χ2n) is 7.67. The van der Waals surface area contributed by atoms with Gasteiger partial charge in [-0.3, -0.25) is 4.79 Å². The summed E-state index contributed by atoms with van der Waals surface area (Å²) < 4.78 is 7.69. The van der Waals surface area contributed by atoms with Gasteiger partial charge >= 0.3 is 0 Å². The van der Waals surface area contributed by atoms with E-state index in [1.165, 1.54) is 0 Å². The molecule has 1 aromatic carbocycles. The number of fused-ring (bicyclic) bond motifs is 1. The lowest BCUT2D eigenvalue weighted by atomic mass is 10.1. The normalized spacial score (nSPS) is 15.3. The molecule has 8 heteroatoms. The number of nitrogens with zero attached hydrogens (tertiary/aromatic N) is 6. The second kappa shape index (κ2) is 7.35. The van der Waals surface area contributed by atoms with Crippen molar-refractivity contribution in [3.8, 4) is 5.75 Å². The Morgan fingerprint density at radius 2 is 1.93 bits per heavy atom. The molecule has 2 aromatic heterocycles. The van der Waals surface area contributed by atoms with E-state index in [1.807, 2.05) is 58.2 Å². The zero-order valence-electron chi connectivity index (χ0n) is 17.5. The fourth-order valence-electron chi connectivity index (χ4n) is 3.50. The van der Waals surface area contributed by atoms with E-state index < -0.39 is 6.10 Å². The highest BCUT2D eigenvalue weighted by Gasteiger charge is 2.35. The van der Waals surface area contributed by atoms with Gasteiger partial charge in [0.2, 0.25) is 0 Å². The number of aromatic nitrogens is 4. The molecule has 0 aliphatic carbocycles. The van der Waals surface area contributed by atoms with Gasteiger partial charge < -0.3 is 14.5 Å². The third-order valence-electron chi connectivity index (χ3n) is 5.69. The van der Waals surface area contributed by atoms with E-state index in [2.05, 4.69) is 20.2 Å². The molecule has 1 aliphatic heterocycles. The summed E-state index contributed by atoms with van der Waals surface area (Å²) in [5, 5.41) is 12.7. The van der Waals surface area contributed by atoms with Crippen LogP contribution in [0.5, 0.6) is 5.75 Å². The molecule has 1 fully saturated rings. The number of carbonyl (C=O) groups excluding carboxylic acids is 1. The molecule has 0 bridgehead atoms. The van der Waals surface area contributed by atoms with Crippen LogP contribution in [0.3, 0.4) is 0 Å². The van der Waals surface area contributed by atoms with Crippen molar-refractivity contribution < 1.29 is 9.53 Å². The summed E-state index contributed by atoms with van der Waals surface area (Å²) >= 11 is 0. The number of rotatable bonds is 5. The van der Waals surface area contributed by atoms with Crippen LogP contribution in [0.1, 0.15) is 23.9 Å². The van der Waals surface area contributed by atoms with Gasteiger partial charge in [0.05, 0.1) is 6.04 Å². The van der Waals surface area contributed by atoms with Gasteiger partial charge in [-0.2, -0.15) is 4.52 Å². The zero-order valence-corrected chi connectivity index (χ0v) is 17.5. The maximum atomic E-state index is 12.9. The van der Waals surface area contributed by atoms with Gasteiger partial charge in [-0.15, -0.1) is 15.3 Å². The lowest BCUT2D eigenvalue weighted by Crippen LogP contribution is -2.61. The Morgan fingerprint density at radius 1 is 1.17 bits per heavy atom. The molecule has 0 spiro atoms. The van der Waals surface area contributed by atoms with Crippen molar-refractivity contribution in [2.75, 3.05) is 25.0 Å². The van der Waals surface area contributed by atoms with Crippen molar-refractivity contribution in [3.05, 3.63) is 47.3 Å². The van der Waals surface area contributed by atoms with Crippen molar-refractivity contribution in [3.63, 3.8) is 0 Å². The molecule has 0 unspecified atom stereocenters. The maximum Gasteiger partial charge on any atom is 0.263 e. The van der Waals surface area contributed by atoms with E-state index in [0.717, 1.165) is 47.3 Å². The molecule has 0 N–H and O–H groups in total. The molecule has 1 saturated heterocycles. The predicted octanol–water partition coefficient (Wildman–Crippen LogP) is 2.16. The van der Waals surface area contributed by atoms with Crippen molar-refractivity contribution in [2.45, 2.75) is 39.8 Å². The van der Waals surface area contributed by atoms with Crippen molar-refractivity contribution in [2.24, 2.45) is 0 Å². The Labute approximate surface area is 170 Å². The van der Waals surface area contributed by atoms with Gasteiger partial charge in [-0.25, -0.2) is 0 Å². The van der Waals surface area contributed by atoms with Crippen LogP contribution in [0.15, 0.2) is 30.3 Å². The topological polar surface area (TPSA) is 75.9 Å². The number of carbonyl (C=O) groups is 1. The third-order valence-corrected chi connectivity index (χ3v) is 5.69. The first kappa shape index (κ1) is 19.2. The summed E-state index contributed by atoms with van der Waals surface area (Å²) in [6.07, 6.45) is -0.538. The highest BCUT2D eigenvalue weighted by molar-refractivity contribution is 5.81. The molecule has 0 radical (unpaired) electrons. The van der Waals surface area contributed by atoms with Crippen LogP contribution < -0.4 is 9.64 Å². The molecule has 152 valence electrons. The van der Waals surface area contributed by atoms with E-state index in [0.29, 0.717) is 0 Å². The van der Waals surface area contributed by atoms with E-state index in [1.54, 1.807) is 16.3 Å². The Hall–Kier alpha value is -3.16. The highest BCUT2D eigenvalue weighted by Crippen LogP contribution is 2.24. The fourth-order valence-corrected chi connectivity index (χ4v) is 3.50. The maximum absolute atomic E-state index is 12.9. The van der Waals surface area contributed by atoms with Gasteiger partial charge in [-0.1, -0.05) is 12.1 Å². The van der Waals surface area contributed by atoms with Crippen molar-refractivity contribution >= 4 is 17.4 Å². The van der Waals surface area contributed by atoms with Gasteiger partial charge in [0.25, 0.3) is 5.91 Å². The summed E-state index contributed by atoms with van der Waals surface area (Å²) in [5.41, 5.74) is 2.95.